The number of carbonyl (C=O) groups is 2. The van der Waals surface area contributed by atoms with Crippen molar-refractivity contribution in [1.82, 2.24) is 15.3 Å². The van der Waals surface area contributed by atoms with Crippen LogP contribution in [0.5, 0.6) is 5.75 Å². The summed E-state index contributed by atoms with van der Waals surface area (Å²) in [5.41, 5.74) is 0.567. The number of ether oxygens (including phenoxy) is 1. The monoisotopic (exact) mass is 458 g/mol. The molecule has 1 unspecified atom stereocenters. The number of halogens is 5. The summed E-state index contributed by atoms with van der Waals surface area (Å²) >= 11 is 0. The molecule has 1 aliphatic carbocycles. The SMILES string of the molecule is CC(NC(=O)c1ccc(OCC(F)(F)C(F)(F)F)cn1)c1ccnc(NC(=O)C2CC2)c1. The number of anilines is 1. The Balaban J connectivity index is 1.56. The van der Waals surface area contributed by atoms with Crippen LogP contribution in [0.4, 0.5) is 27.8 Å². The van der Waals surface area contributed by atoms with Gasteiger partial charge in [-0.05, 0) is 49.6 Å². The number of hydrogen-bond acceptors (Lipinski definition) is 5. The summed E-state index contributed by atoms with van der Waals surface area (Å²) in [6.45, 7) is -0.209. The molecule has 1 saturated carbocycles. The van der Waals surface area contributed by atoms with Crippen LogP contribution in [-0.4, -0.2) is 40.5 Å². The molecule has 12 heteroatoms. The lowest BCUT2D eigenvalue weighted by atomic mass is 10.1. The Morgan fingerprint density at radius 2 is 1.88 bits per heavy atom. The van der Waals surface area contributed by atoms with Gasteiger partial charge in [-0.15, -0.1) is 0 Å². The smallest absolute Gasteiger partial charge is 0.456 e. The number of carbonyl (C=O) groups excluding carboxylic acids is 2. The molecule has 7 nitrogen and oxygen atoms in total. The minimum atomic E-state index is -5.73. The van der Waals surface area contributed by atoms with Gasteiger partial charge in [0.05, 0.1) is 12.2 Å². The standard InChI is InChI=1S/C20H19F5N4O3/c1-11(13-6-7-26-16(8-13)29-17(30)12-2-3-12)28-18(31)15-5-4-14(9-27-15)32-10-19(21,22)20(23,24)25/h4-9,11-12H,2-3,10H2,1H3,(H,28,31)(H,26,29,30). The van der Waals surface area contributed by atoms with E-state index >= 15 is 0 Å². The van der Waals surface area contributed by atoms with Gasteiger partial charge in [-0.2, -0.15) is 22.0 Å². The highest BCUT2D eigenvalue weighted by atomic mass is 19.4. The second-order valence-corrected chi connectivity index (χ2v) is 7.30. The van der Waals surface area contributed by atoms with E-state index in [9.17, 15) is 31.5 Å². The Morgan fingerprint density at radius 3 is 2.47 bits per heavy atom. The molecule has 0 spiro atoms. The van der Waals surface area contributed by atoms with Crippen LogP contribution in [0.2, 0.25) is 0 Å². The van der Waals surface area contributed by atoms with Crippen molar-refractivity contribution in [3.05, 3.63) is 47.9 Å². The van der Waals surface area contributed by atoms with Gasteiger partial charge in [-0.1, -0.05) is 0 Å². The van der Waals surface area contributed by atoms with Crippen LogP contribution in [0.25, 0.3) is 0 Å². The lowest BCUT2D eigenvalue weighted by Gasteiger charge is -2.19. The highest BCUT2D eigenvalue weighted by Gasteiger charge is 2.58. The first-order valence-electron chi connectivity index (χ1n) is 9.57. The van der Waals surface area contributed by atoms with Gasteiger partial charge in [0, 0.05) is 12.1 Å². The summed E-state index contributed by atoms with van der Waals surface area (Å²) in [6, 6.07) is 4.98. The molecule has 0 bridgehead atoms. The molecule has 3 rings (SSSR count). The Kier molecular flexibility index (Phi) is 6.60. The highest BCUT2D eigenvalue weighted by molar-refractivity contribution is 5.93. The van der Waals surface area contributed by atoms with Crippen LogP contribution in [-0.2, 0) is 4.79 Å². The molecular weight excluding hydrogens is 439 g/mol. The third-order valence-electron chi connectivity index (χ3n) is 4.63. The minimum Gasteiger partial charge on any atom is -0.485 e. The molecule has 0 aliphatic heterocycles. The largest absolute Gasteiger partial charge is 0.485 e. The molecule has 32 heavy (non-hydrogen) atoms. The van der Waals surface area contributed by atoms with Crippen LogP contribution in [0.3, 0.4) is 0 Å². The van der Waals surface area contributed by atoms with Gasteiger partial charge in [0.1, 0.15) is 17.3 Å². The molecule has 2 aromatic heterocycles. The Bertz CT molecular complexity index is 978. The lowest BCUT2D eigenvalue weighted by molar-refractivity contribution is -0.290. The fraction of sp³-hybridized carbons (Fsp3) is 0.400. The molecule has 2 N–H and O–H groups in total. The first kappa shape index (κ1) is 23.4. The summed E-state index contributed by atoms with van der Waals surface area (Å²) in [5, 5.41) is 5.38. The Hall–Kier alpha value is -3.31. The highest BCUT2D eigenvalue weighted by Crippen LogP contribution is 2.35. The summed E-state index contributed by atoms with van der Waals surface area (Å²) < 4.78 is 66.8. The summed E-state index contributed by atoms with van der Waals surface area (Å²) in [4.78, 5) is 32.1. The maximum Gasteiger partial charge on any atom is 0.456 e. The van der Waals surface area contributed by atoms with Gasteiger partial charge in [0.2, 0.25) is 5.91 Å². The molecule has 0 saturated heterocycles. The molecule has 1 fully saturated rings. The van der Waals surface area contributed by atoms with E-state index in [4.69, 9.17) is 0 Å². The Morgan fingerprint density at radius 1 is 1.16 bits per heavy atom. The fourth-order valence-electron chi connectivity index (χ4n) is 2.57. The lowest BCUT2D eigenvalue weighted by Crippen LogP contribution is -2.41. The van der Waals surface area contributed by atoms with Crippen LogP contribution in [0.15, 0.2) is 36.7 Å². The van der Waals surface area contributed by atoms with Crippen molar-refractivity contribution in [1.29, 1.82) is 0 Å². The average molecular weight is 458 g/mol. The predicted octanol–water partition coefficient (Wildman–Crippen LogP) is 3.89. The molecule has 172 valence electrons. The predicted molar refractivity (Wildman–Crippen MR) is 102 cm³/mol. The van der Waals surface area contributed by atoms with E-state index in [2.05, 4.69) is 25.3 Å². The molecule has 0 radical (unpaired) electrons. The van der Waals surface area contributed by atoms with Crippen molar-refractivity contribution in [3.63, 3.8) is 0 Å². The third kappa shape index (κ3) is 5.89. The molecule has 2 heterocycles. The maximum atomic E-state index is 12.9. The van der Waals surface area contributed by atoms with Gasteiger partial charge < -0.3 is 15.4 Å². The molecule has 1 atom stereocenters. The van der Waals surface area contributed by atoms with Gasteiger partial charge in [0.15, 0.2) is 6.61 Å². The number of nitrogens with zero attached hydrogens (tertiary/aromatic N) is 2. The first-order valence-corrected chi connectivity index (χ1v) is 9.57. The van der Waals surface area contributed by atoms with Crippen LogP contribution >= 0.6 is 0 Å². The molecule has 2 aromatic rings. The van der Waals surface area contributed by atoms with Crippen molar-refractivity contribution in [2.24, 2.45) is 5.92 Å². The van der Waals surface area contributed by atoms with E-state index in [0.717, 1.165) is 31.2 Å². The van der Waals surface area contributed by atoms with Crippen LogP contribution < -0.4 is 15.4 Å². The van der Waals surface area contributed by atoms with E-state index in [1.165, 1.54) is 6.20 Å². The number of hydrogen-bond donors (Lipinski definition) is 2. The maximum absolute atomic E-state index is 12.9. The number of rotatable bonds is 8. The number of amides is 2. The minimum absolute atomic E-state index is 0.00954. The normalized spacial score (nSPS) is 15.1. The second kappa shape index (κ2) is 9.05. The van der Waals surface area contributed by atoms with Crippen LogP contribution in [0.1, 0.15) is 41.9 Å². The van der Waals surface area contributed by atoms with E-state index in [1.54, 1.807) is 19.1 Å². The molecule has 0 aromatic carbocycles. The topological polar surface area (TPSA) is 93.2 Å². The van der Waals surface area contributed by atoms with Crippen molar-refractivity contribution in [2.75, 3.05) is 11.9 Å². The van der Waals surface area contributed by atoms with E-state index in [0.29, 0.717) is 11.4 Å². The number of nitrogens with one attached hydrogen (secondary N) is 2. The fourth-order valence-corrected chi connectivity index (χ4v) is 2.57. The van der Waals surface area contributed by atoms with Gasteiger partial charge >= 0.3 is 12.1 Å². The van der Waals surface area contributed by atoms with Gasteiger partial charge in [0.25, 0.3) is 5.91 Å². The zero-order valence-corrected chi connectivity index (χ0v) is 16.7. The Labute approximate surface area is 179 Å². The zero-order valence-electron chi connectivity index (χ0n) is 16.7. The molecule has 2 amide bonds. The van der Waals surface area contributed by atoms with Gasteiger partial charge in [-0.3, -0.25) is 9.59 Å². The molecule has 1 aliphatic rings. The first-order chi connectivity index (χ1) is 15.0. The van der Waals surface area contributed by atoms with Crippen molar-refractivity contribution in [2.45, 2.75) is 37.9 Å². The van der Waals surface area contributed by atoms with Crippen molar-refractivity contribution in [3.8, 4) is 5.75 Å². The van der Waals surface area contributed by atoms with Crippen molar-refractivity contribution < 1.29 is 36.3 Å². The summed E-state index contributed by atoms with van der Waals surface area (Å²) in [5.74, 6) is -5.70. The number of pyridine rings is 2. The van der Waals surface area contributed by atoms with E-state index < -0.39 is 30.7 Å². The van der Waals surface area contributed by atoms with Gasteiger partial charge in [-0.25, -0.2) is 9.97 Å². The van der Waals surface area contributed by atoms with E-state index in [-0.39, 0.29) is 23.3 Å². The number of aromatic nitrogens is 2. The summed E-state index contributed by atoms with van der Waals surface area (Å²) in [7, 11) is 0. The molecular formula is C20H19F5N4O3. The second-order valence-electron chi connectivity index (χ2n) is 7.30. The summed E-state index contributed by atoms with van der Waals surface area (Å²) in [6.07, 6.45) is -1.67. The van der Waals surface area contributed by atoms with E-state index in [1.807, 2.05) is 0 Å². The average Bonchev–Trinajstić information content (AvgIpc) is 3.57. The van der Waals surface area contributed by atoms with Crippen LogP contribution in [0, 0.1) is 5.92 Å². The van der Waals surface area contributed by atoms with Crippen molar-refractivity contribution >= 4 is 17.6 Å². The third-order valence-corrected chi connectivity index (χ3v) is 4.63. The number of alkyl halides is 5. The quantitative estimate of drug-likeness (QED) is 0.586. The zero-order chi connectivity index (χ0) is 23.5.